The monoisotopic (exact) mass is 780 g/mol. The zero-order chi connectivity index (χ0) is 39.8. The summed E-state index contributed by atoms with van der Waals surface area (Å²) in [5, 5.41) is 4.41. The van der Waals surface area contributed by atoms with E-state index in [-0.39, 0.29) is 37.3 Å². The molecule has 13 nitrogen and oxygen atoms in total. The highest BCUT2D eigenvalue weighted by Crippen LogP contribution is 2.38. The molecule has 0 spiro atoms. The molecule has 0 bridgehead atoms. The number of nitrogens with one attached hydrogen (secondary N) is 1. The summed E-state index contributed by atoms with van der Waals surface area (Å²) >= 11 is 0. The van der Waals surface area contributed by atoms with Crippen molar-refractivity contribution in [2.24, 2.45) is 0 Å². The highest BCUT2D eigenvalue weighted by molar-refractivity contribution is 6.05. The van der Waals surface area contributed by atoms with Crippen molar-refractivity contribution in [3.63, 3.8) is 0 Å². The Labute approximate surface area is 335 Å². The summed E-state index contributed by atoms with van der Waals surface area (Å²) in [5.41, 5.74) is 6.08. The number of imide groups is 1. The van der Waals surface area contributed by atoms with Crippen LogP contribution in [-0.4, -0.2) is 87.0 Å². The van der Waals surface area contributed by atoms with Crippen LogP contribution >= 0.6 is 0 Å². The van der Waals surface area contributed by atoms with Crippen molar-refractivity contribution in [2.45, 2.75) is 64.2 Å². The molecule has 4 aliphatic rings. The number of imidazole rings is 1. The lowest BCUT2D eigenvalue weighted by molar-refractivity contribution is -0.137. The van der Waals surface area contributed by atoms with Gasteiger partial charge in [-0.25, -0.2) is 4.98 Å². The Bertz CT molecular complexity index is 2450. The van der Waals surface area contributed by atoms with Gasteiger partial charge in [0.05, 0.1) is 30.2 Å². The van der Waals surface area contributed by atoms with Gasteiger partial charge in [0.25, 0.3) is 5.91 Å². The minimum Gasteiger partial charge on any atom is -0.490 e. The average Bonchev–Trinajstić information content (AvgIpc) is 3.80. The molecular weight excluding hydrogens is 737 g/mol. The molecule has 1 unspecified atom stereocenters. The second kappa shape index (κ2) is 15.9. The lowest BCUT2D eigenvalue weighted by Gasteiger charge is -2.30. The zero-order valence-corrected chi connectivity index (χ0v) is 32.3. The van der Waals surface area contributed by atoms with E-state index in [9.17, 15) is 19.2 Å². The van der Waals surface area contributed by atoms with Crippen molar-refractivity contribution in [3.05, 3.63) is 108 Å². The Balaban J connectivity index is 0.837. The standard InChI is InChI=1S/C45H44N6O7/c1-28(52)49-18-19-50-39(27-49)42(48-43(50)30-16-22-56-23-17-30)33-7-4-6-31-24-37(46-25-35(31)33)29-10-12-32(13-11-29)57-20-2-3-21-58-40-9-5-8-34-36(40)26-51(45(34)55)38-14-15-41(53)47-44(38)54/h2-13,24-25,30,38H,14-23,26-27H2,1H3,(H,47,53,54)/b3-2+. The van der Waals surface area contributed by atoms with Gasteiger partial charge in [0.2, 0.25) is 17.7 Å². The smallest absolute Gasteiger partial charge is 0.255 e. The van der Waals surface area contributed by atoms with Crippen LogP contribution in [0.1, 0.15) is 66.0 Å². The van der Waals surface area contributed by atoms with Crippen LogP contribution < -0.4 is 14.8 Å². The number of pyridine rings is 1. The number of carbonyl (C=O) groups excluding carboxylic acids is 4. The summed E-state index contributed by atoms with van der Waals surface area (Å²) in [6.45, 7) is 5.93. The molecule has 4 amide bonds. The molecule has 58 heavy (non-hydrogen) atoms. The number of piperidine rings is 1. The Morgan fingerprint density at radius 2 is 1.69 bits per heavy atom. The second-order valence-corrected chi connectivity index (χ2v) is 15.1. The van der Waals surface area contributed by atoms with Crippen molar-refractivity contribution >= 4 is 34.4 Å². The summed E-state index contributed by atoms with van der Waals surface area (Å²) in [5.74, 6) is 1.82. The number of fused-ring (bicyclic) bond motifs is 3. The number of benzene rings is 3. The number of nitrogens with zero attached hydrogens (tertiary/aromatic N) is 5. The van der Waals surface area contributed by atoms with Crippen LogP contribution in [-0.2, 0) is 38.8 Å². The molecule has 2 fully saturated rings. The second-order valence-electron chi connectivity index (χ2n) is 15.1. The van der Waals surface area contributed by atoms with Crippen LogP contribution in [0.25, 0.3) is 33.3 Å². The molecule has 9 rings (SSSR count). The van der Waals surface area contributed by atoms with Gasteiger partial charge in [-0.05, 0) is 79.3 Å². The van der Waals surface area contributed by atoms with E-state index < -0.39 is 11.9 Å². The molecule has 6 heterocycles. The van der Waals surface area contributed by atoms with Crippen LogP contribution in [0, 0.1) is 0 Å². The maximum absolute atomic E-state index is 13.1. The molecule has 5 aromatic rings. The predicted molar refractivity (Wildman–Crippen MR) is 215 cm³/mol. The molecule has 0 saturated carbocycles. The van der Waals surface area contributed by atoms with E-state index in [2.05, 4.69) is 34.1 Å². The van der Waals surface area contributed by atoms with Crippen molar-refractivity contribution < 1.29 is 33.4 Å². The summed E-state index contributed by atoms with van der Waals surface area (Å²) in [6, 6.07) is 20.9. The number of hydrogen-bond acceptors (Lipinski definition) is 9. The molecule has 0 radical (unpaired) electrons. The summed E-state index contributed by atoms with van der Waals surface area (Å²) < 4.78 is 20.0. The van der Waals surface area contributed by atoms with Gasteiger partial charge < -0.3 is 28.6 Å². The van der Waals surface area contributed by atoms with Gasteiger partial charge >= 0.3 is 0 Å². The number of ether oxygens (including phenoxy) is 3. The van der Waals surface area contributed by atoms with E-state index in [1.807, 2.05) is 53.6 Å². The largest absolute Gasteiger partial charge is 0.490 e. The maximum Gasteiger partial charge on any atom is 0.255 e. The van der Waals surface area contributed by atoms with Gasteiger partial charge in [-0.3, -0.25) is 29.5 Å². The topological polar surface area (TPSA) is 145 Å². The van der Waals surface area contributed by atoms with E-state index >= 15 is 0 Å². The van der Waals surface area contributed by atoms with E-state index in [0.29, 0.717) is 43.3 Å². The van der Waals surface area contributed by atoms with E-state index in [4.69, 9.17) is 24.2 Å². The number of carbonyl (C=O) groups is 4. The van der Waals surface area contributed by atoms with Gasteiger partial charge in [0.15, 0.2) is 0 Å². The third kappa shape index (κ3) is 7.22. The molecular formula is C45H44N6O7. The van der Waals surface area contributed by atoms with Crippen LogP contribution in [0.3, 0.4) is 0 Å². The third-order valence-electron chi connectivity index (χ3n) is 11.6. The average molecular weight is 781 g/mol. The van der Waals surface area contributed by atoms with Gasteiger partial charge in [0, 0.05) is 79.4 Å². The minimum absolute atomic E-state index is 0.0728. The summed E-state index contributed by atoms with van der Waals surface area (Å²) in [4.78, 5) is 63.2. The van der Waals surface area contributed by atoms with Crippen LogP contribution in [0.2, 0.25) is 0 Å². The lowest BCUT2D eigenvalue weighted by Crippen LogP contribution is -2.52. The predicted octanol–water partition coefficient (Wildman–Crippen LogP) is 5.80. The first-order valence-electron chi connectivity index (χ1n) is 19.9. The molecule has 3 aromatic carbocycles. The molecule has 4 aliphatic heterocycles. The van der Waals surface area contributed by atoms with Crippen molar-refractivity contribution in [3.8, 4) is 34.0 Å². The fraction of sp³-hybridized carbons (Fsp3) is 0.333. The van der Waals surface area contributed by atoms with Gasteiger partial charge in [-0.2, -0.15) is 0 Å². The molecule has 296 valence electrons. The first kappa shape index (κ1) is 37.2. The SMILES string of the molecule is CC(=O)N1CCn2c(C3CCOCC3)nc(-c3cccc4cc(-c5ccc(OC/C=C/COc6cccc7c6CN(C6CCC(=O)NC6=O)C7=O)cc5)ncc34)c2C1. The quantitative estimate of drug-likeness (QED) is 0.137. The van der Waals surface area contributed by atoms with Crippen LogP contribution in [0.15, 0.2) is 85.1 Å². The van der Waals surface area contributed by atoms with Gasteiger partial charge in [0.1, 0.15) is 36.6 Å². The molecule has 2 saturated heterocycles. The number of amides is 4. The number of aromatic nitrogens is 3. The first-order valence-corrected chi connectivity index (χ1v) is 19.9. The van der Waals surface area contributed by atoms with Crippen molar-refractivity contribution in [2.75, 3.05) is 33.0 Å². The minimum atomic E-state index is -0.674. The molecule has 1 atom stereocenters. The third-order valence-corrected chi connectivity index (χ3v) is 11.6. The molecule has 2 aromatic heterocycles. The zero-order valence-electron chi connectivity index (χ0n) is 32.3. The van der Waals surface area contributed by atoms with Crippen molar-refractivity contribution in [1.29, 1.82) is 0 Å². The Morgan fingerprint density at radius 1 is 0.914 bits per heavy atom. The van der Waals surface area contributed by atoms with Crippen LogP contribution in [0.5, 0.6) is 11.5 Å². The van der Waals surface area contributed by atoms with E-state index in [0.717, 1.165) is 88.7 Å². The Kier molecular flexibility index (Phi) is 10.2. The highest BCUT2D eigenvalue weighted by atomic mass is 16.5. The normalized spacial score (nSPS) is 18.4. The lowest BCUT2D eigenvalue weighted by atomic mass is 9.99. The Hall–Kier alpha value is -6.34. The molecule has 13 heteroatoms. The fourth-order valence-corrected chi connectivity index (χ4v) is 8.52. The van der Waals surface area contributed by atoms with E-state index in [1.54, 1.807) is 19.1 Å². The molecule has 1 N–H and O–H groups in total. The number of hydrogen-bond donors (Lipinski definition) is 1. The van der Waals surface area contributed by atoms with E-state index in [1.165, 1.54) is 4.90 Å². The Morgan fingerprint density at radius 3 is 2.48 bits per heavy atom. The first-order chi connectivity index (χ1) is 28.3. The van der Waals surface area contributed by atoms with Gasteiger partial charge in [-0.15, -0.1) is 0 Å². The molecule has 0 aliphatic carbocycles. The van der Waals surface area contributed by atoms with Gasteiger partial charge in [-0.1, -0.05) is 24.3 Å². The van der Waals surface area contributed by atoms with Crippen molar-refractivity contribution in [1.82, 2.24) is 29.7 Å². The summed E-state index contributed by atoms with van der Waals surface area (Å²) in [6.07, 6.45) is 8.07. The maximum atomic E-state index is 13.1. The highest BCUT2D eigenvalue weighted by Gasteiger charge is 2.40. The summed E-state index contributed by atoms with van der Waals surface area (Å²) in [7, 11) is 0. The fourth-order valence-electron chi connectivity index (χ4n) is 8.52. The number of rotatable bonds is 10. The van der Waals surface area contributed by atoms with Crippen LogP contribution in [0.4, 0.5) is 0 Å².